The molecule has 1 aromatic rings. The van der Waals surface area contributed by atoms with Crippen molar-refractivity contribution in [2.24, 2.45) is 5.92 Å². The van der Waals surface area contributed by atoms with Crippen molar-refractivity contribution in [2.75, 3.05) is 7.11 Å². The van der Waals surface area contributed by atoms with Crippen LogP contribution in [0.3, 0.4) is 0 Å². The summed E-state index contributed by atoms with van der Waals surface area (Å²) < 4.78 is 10.1. The molecule has 0 heterocycles. The van der Waals surface area contributed by atoms with E-state index in [1.165, 1.54) is 14.0 Å². The van der Waals surface area contributed by atoms with Crippen LogP contribution in [0.1, 0.15) is 53.5 Å². The van der Waals surface area contributed by atoms with Crippen molar-refractivity contribution in [2.45, 2.75) is 84.2 Å². The van der Waals surface area contributed by atoms with E-state index >= 15 is 0 Å². The molecule has 0 fully saturated rings. The number of methoxy groups -OCH3 is 1. The summed E-state index contributed by atoms with van der Waals surface area (Å²) in [6.45, 7) is 10.7. The average Bonchev–Trinajstić information content (AvgIpc) is 2.74. The second-order valence-electron chi connectivity index (χ2n) is 9.65. The first-order valence-corrected chi connectivity index (χ1v) is 11.4. The van der Waals surface area contributed by atoms with Gasteiger partial charge in [0.15, 0.2) is 0 Å². The first-order chi connectivity index (χ1) is 15.9. The standard InChI is InChI=1S/C25H38N4O5/c1-16(2)13-20(22(30)27-17(3)23(31)33-7)28-21(15-26)19(14-18-11-9-8-10-12-18)29-24(32)34-25(4,5)6/h8-12,16-17,19-21,28H,13-14H2,1-7H3,(H,27,30)(H,29,32)/t17-,19-,20-,21+/m0/s1. The smallest absolute Gasteiger partial charge is 0.407 e. The summed E-state index contributed by atoms with van der Waals surface area (Å²) in [7, 11) is 1.25. The first kappa shape index (κ1) is 28.9. The quantitative estimate of drug-likeness (QED) is 0.421. The number of carbonyl (C=O) groups is 3. The minimum Gasteiger partial charge on any atom is -0.467 e. The van der Waals surface area contributed by atoms with Crippen LogP contribution in [0, 0.1) is 17.2 Å². The van der Waals surface area contributed by atoms with Gasteiger partial charge in [0.25, 0.3) is 0 Å². The number of hydrogen-bond donors (Lipinski definition) is 3. The highest BCUT2D eigenvalue weighted by molar-refractivity contribution is 5.87. The molecule has 9 nitrogen and oxygen atoms in total. The van der Waals surface area contributed by atoms with Crippen molar-refractivity contribution in [3.8, 4) is 6.07 Å². The van der Waals surface area contributed by atoms with Crippen LogP contribution < -0.4 is 16.0 Å². The van der Waals surface area contributed by atoms with Gasteiger partial charge in [0.2, 0.25) is 5.91 Å². The van der Waals surface area contributed by atoms with Crippen LogP contribution in [0.2, 0.25) is 0 Å². The van der Waals surface area contributed by atoms with Gasteiger partial charge in [-0.3, -0.25) is 10.1 Å². The van der Waals surface area contributed by atoms with Gasteiger partial charge in [0.05, 0.1) is 25.3 Å². The number of carbonyl (C=O) groups excluding carboxylic acids is 3. The molecule has 3 N–H and O–H groups in total. The Bertz CT molecular complexity index is 845. The van der Waals surface area contributed by atoms with Crippen LogP contribution in [0.15, 0.2) is 30.3 Å². The maximum atomic E-state index is 12.9. The summed E-state index contributed by atoms with van der Waals surface area (Å²) in [6, 6.07) is 8.41. The summed E-state index contributed by atoms with van der Waals surface area (Å²) >= 11 is 0. The minimum absolute atomic E-state index is 0.127. The van der Waals surface area contributed by atoms with Crippen molar-refractivity contribution < 1.29 is 23.9 Å². The summed E-state index contributed by atoms with van der Waals surface area (Å²) in [5.74, 6) is -0.869. The second-order valence-corrected chi connectivity index (χ2v) is 9.65. The van der Waals surface area contributed by atoms with E-state index in [4.69, 9.17) is 4.74 Å². The lowest BCUT2D eigenvalue weighted by Crippen LogP contribution is -2.58. The highest BCUT2D eigenvalue weighted by Crippen LogP contribution is 2.13. The Balaban J connectivity index is 3.13. The van der Waals surface area contributed by atoms with Gasteiger partial charge in [-0.1, -0.05) is 44.2 Å². The van der Waals surface area contributed by atoms with Gasteiger partial charge in [0, 0.05) is 0 Å². The monoisotopic (exact) mass is 474 g/mol. The number of alkyl carbamates (subject to hydrolysis) is 1. The number of hydrogen-bond acceptors (Lipinski definition) is 7. The third-order valence-corrected chi connectivity index (χ3v) is 4.86. The maximum absolute atomic E-state index is 12.9. The van der Waals surface area contributed by atoms with Gasteiger partial charge in [-0.25, -0.2) is 9.59 Å². The molecule has 188 valence electrons. The van der Waals surface area contributed by atoms with E-state index in [0.29, 0.717) is 12.8 Å². The Hall–Kier alpha value is -3.12. The SMILES string of the molecule is COC(=O)[C@H](C)NC(=O)[C@H](CC(C)C)N[C@H](C#N)[C@H](Cc1ccccc1)NC(=O)OC(C)(C)C. The zero-order valence-corrected chi connectivity index (χ0v) is 21.2. The van der Waals surface area contributed by atoms with E-state index in [1.807, 2.05) is 44.2 Å². The highest BCUT2D eigenvalue weighted by atomic mass is 16.6. The lowest BCUT2D eigenvalue weighted by Gasteiger charge is -2.30. The molecule has 0 aliphatic rings. The predicted octanol–water partition coefficient (Wildman–Crippen LogP) is 2.70. The van der Waals surface area contributed by atoms with Gasteiger partial charge in [0.1, 0.15) is 17.7 Å². The number of ether oxygens (including phenoxy) is 2. The van der Waals surface area contributed by atoms with E-state index in [-0.39, 0.29) is 5.92 Å². The Morgan fingerprint density at radius 2 is 1.68 bits per heavy atom. The molecule has 0 spiro atoms. The Morgan fingerprint density at radius 1 is 1.06 bits per heavy atom. The molecule has 0 aromatic heterocycles. The molecule has 9 heteroatoms. The van der Waals surface area contributed by atoms with Crippen molar-refractivity contribution in [3.05, 3.63) is 35.9 Å². The van der Waals surface area contributed by atoms with E-state index in [0.717, 1.165) is 5.56 Å². The van der Waals surface area contributed by atoms with E-state index in [2.05, 4.69) is 26.8 Å². The topological polar surface area (TPSA) is 130 Å². The fourth-order valence-corrected chi connectivity index (χ4v) is 3.31. The Morgan fingerprint density at radius 3 is 2.18 bits per heavy atom. The van der Waals surface area contributed by atoms with Crippen LogP contribution in [0.4, 0.5) is 4.79 Å². The summed E-state index contributed by atoms with van der Waals surface area (Å²) in [5, 5.41) is 18.5. The van der Waals surface area contributed by atoms with E-state index < -0.39 is 47.7 Å². The molecule has 0 saturated carbocycles. The second kappa shape index (κ2) is 13.6. The summed E-state index contributed by atoms with van der Waals surface area (Å²) in [4.78, 5) is 37.2. The number of benzene rings is 1. The molecule has 2 amide bonds. The first-order valence-electron chi connectivity index (χ1n) is 11.4. The summed E-state index contributed by atoms with van der Waals surface area (Å²) in [6.07, 6.45) is 0.113. The fourth-order valence-electron chi connectivity index (χ4n) is 3.31. The Kier molecular flexibility index (Phi) is 11.5. The molecule has 0 aliphatic carbocycles. The van der Waals surface area contributed by atoms with Crippen LogP contribution in [0.5, 0.6) is 0 Å². The minimum atomic E-state index is -0.907. The van der Waals surface area contributed by atoms with Crippen molar-refractivity contribution in [3.63, 3.8) is 0 Å². The maximum Gasteiger partial charge on any atom is 0.407 e. The van der Waals surface area contributed by atoms with Gasteiger partial charge in [-0.15, -0.1) is 0 Å². The Labute approximate surface area is 202 Å². The van der Waals surface area contributed by atoms with E-state index in [1.54, 1.807) is 20.8 Å². The largest absolute Gasteiger partial charge is 0.467 e. The van der Waals surface area contributed by atoms with Gasteiger partial charge >= 0.3 is 12.1 Å². The summed E-state index contributed by atoms with van der Waals surface area (Å²) in [5.41, 5.74) is 0.205. The molecule has 0 radical (unpaired) electrons. The molecule has 0 unspecified atom stereocenters. The molecular weight excluding hydrogens is 436 g/mol. The lowest BCUT2D eigenvalue weighted by molar-refractivity contribution is -0.144. The lowest BCUT2D eigenvalue weighted by atomic mass is 9.97. The number of rotatable bonds is 11. The molecule has 1 aromatic carbocycles. The molecular formula is C25H38N4O5. The number of nitrogens with zero attached hydrogens (tertiary/aromatic N) is 1. The molecule has 0 bridgehead atoms. The third-order valence-electron chi connectivity index (χ3n) is 4.86. The third kappa shape index (κ3) is 10.7. The molecule has 34 heavy (non-hydrogen) atoms. The van der Waals surface area contributed by atoms with Crippen molar-refractivity contribution >= 4 is 18.0 Å². The van der Waals surface area contributed by atoms with E-state index in [9.17, 15) is 19.6 Å². The van der Waals surface area contributed by atoms with Crippen LogP contribution in [-0.2, 0) is 25.5 Å². The van der Waals surface area contributed by atoms with Gasteiger partial charge < -0.3 is 20.1 Å². The number of nitriles is 1. The normalized spacial score (nSPS) is 14.8. The predicted molar refractivity (Wildman–Crippen MR) is 129 cm³/mol. The number of amides is 2. The highest BCUT2D eigenvalue weighted by Gasteiger charge is 2.31. The average molecular weight is 475 g/mol. The molecule has 0 aliphatic heterocycles. The molecule has 0 saturated heterocycles. The van der Waals surface area contributed by atoms with Crippen LogP contribution in [0.25, 0.3) is 0 Å². The molecule has 4 atom stereocenters. The molecule has 1 rings (SSSR count). The fraction of sp³-hybridized carbons (Fsp3) is 0.600. The number of nitrogens with one attached hydrogen (secondary N) is 3. The zero-order chi connectivity index (χ0) is 25.9. The zero-order valence-electron chi connectivity index (χ0n) is 21.2. The van der Waals surface area contributed by atoms with Crippen molar-refractivity contribution in [1.29, 1.82) is 5.26 Å². The number of esters is 1. The van der Waals surface area contributed by atoms with Gasteiger partial charge in [-0.05, 0) is 52.0 Å². The van der Waals surface area contributed by atoms with Crippen molar-refractivity contribution in [1.82, 2.24) is 16.0 Å². The van der Waals surface area contributed by atoms with Gasteiger partial charge in [-0.2, -0.15) is 5.26 Å². The van der Waals surface area contributed by atoms with Crippen LogP contribution in [-0.4, -0.2) is 54.8 Å². The van der Waals surface area contributed by atoms with Crippen LogP contribution >= 0.6 is 0 Å².